The van der Waals surface area contributed by atoms with Crippen LogP contribution in [0.25, 0.3) is 0 Å². The minimum Gasteiger partial charge on any atom is -0.279 e. The van der Waals surface area contributed by atoms with Gasteiger partial charge in [0.25, 0.3) is 10.0 Å². The number of sulfonamides is 1. The summed E-state index contributed by atoms with van der Waals surface area (Å²) in [6.45, 7) is 0. The second kappa shape index (κ2) is 5.45. The Labute approximate surface area is 121 Å². The lowest BCUT2D eigenvalue weighted by atomic mass is 10.3. The molecular weight excluding hydrogens is 359 g/mol. The van der Waals surface area contributed by atoms with Crippen molar-refractivity contribution in [3.05, 3.63) is 58.3 Å². The molecule has 0 spiro atoms. The highest BCUT2D eigenvalue weighted by atomic mass is 79.9. The summed E-state index contributed by atoms with van der Waals surface area (Å²) in [7, 11) is -4.02. The Balaban J connectivity index is 2.38. The van der Waals surface area contributed by atoms with Crippen molar-refractivity contribution < 1.29 is 21.6 Å². The predicted molar refractivity (Wildman–Crippen MR) is 71.3 cm³/mol. The number of halogens is 4. The Bertz CT molecular complexity index is 742. The van der Waals surface area contributed by atoms with Crippen molar-refractivity contribution >= 4 is 31.6 Å². The lowest BCUT2D eigenvalue weighted by molar-refractivity contribution is 0.448. The molecule has 106 valence electrons. The first-order valence-electron chi connectivity index (χ1n) is 5.22. The standard InChI is InChI=1S/C12H7BrF3NO2S/c13-7-2-1-3-9(4-7)20(18,19)17-8-5-10(14)12(16)11(15)6-8/h1-6,17H. The zero-order chi connectivity index (χ0) is 14.9. The molecule has 1 N–H and O–H groups in total. The minimum absolute atomic E-state index is 0.1000. The van der Waals surface area contributed by atoms with Gasteiger partial charge in [-0.05, 0) is 18.2 Å². The molecule has 8 heteroatoms. The van der Waals surface area contributed by atoms with Crippen molar-refractivity contribution in [1.82, 2.24) is 0 Å². The largest absolute Gasteiger partial charge is 0.279 e. The molecule has 0 radical (unpaired) electrons. The number of hydrogen-bond acceptors (Lipinski definition) is 2. The summed E-state index contributed by atoms with van der Waals surface area (Å²) in [4.78, 5) is -0.1000. The molecule has 0 atom stereocenters. The highest BCUT2D eigenvalue weighted by Crippen LogP contribution is 2.22. The van der Waals surface area contributed by atoms with E-state index < -0.39 is 33.2 Å². The maximum atomic E-state index is 13.0. The van der Waals surface area contributed by atoms with Crippen LogP contribution in [0.5, 0.6) is 0 Å². The fraction of sp³-hybridized carbons (Fsp3) is 0. The van der Waals surface area contributed by atoms with E-state index in [-0.39, 0.29) is 4.90 Å². The molecule has 2 aromatic carbocycles. The average Bonchev–Trinajstić information content (AvgIpc) is 2.35. The van der Waals surface area contributed by atoms with Crippen molar-refractivity contribution in [3.63, 3.8) is 0 Å². The normalized spacial score (nSPS) is 11.4. The molecule has 20 heavy (non-hydrogen) atoms. The number of nitrogens with one attached hydrogen (secondary N) is 1. The van der Waals surface area contributed by atoms with Crippen LogP contribution in [0, 0.1) is 17.5 Å². The summed E-state index contributed by atoms with van der Waals surface area (Å²) in [5.74, 6) is -4.61. The van der Waals surface area contributed by atoms with Gasteiger partial charge >= 0.3 is 0 Å². The number of rotatable bonds is 3. The smallest absolute Gasteiger partial charge is 0.261 e. The topological polar surface area (TPSA) is 46.2 Å². The van der Waals surface area contributed by atoms with E-state index in [1.54, 1.807) is 6.07 Å². The molecule has 0 aliphatic carbocycles. The van der Waals surface area contributed by atoms with Gasteiger partial charge in [-0.25, -0.2) is 21.6 Å². The average molecular weight is 366 g/mol. The van der Waals surface area contributed by atoms with E-state index >= 15 is 0 Å². The van der Waals surface area contributed by atoms with Crippen LogP contribution in [0.4, 0.5) is 18.9 Å². The van der Waals surface area contributed by atoms with Crippen molar-refractivity contribution in [2.75, 3.05) is 4.72 Å². The van der Waals surface area contributed by atoms with Gasteiger partial charge < -0.3 is 0 Å². The molecule has 0 saturated heterocycles. The highest BCUT2D eigenvalue weighted by molar-refractivity contribution is 9.10. The number of benzene rings is 2. The molecule has 0 amide bonds. The van der Waals surface area contributed by atoms with Gasteiger partial charge in [0, 0.05) is 16.6 Å². The fourth-order valence-electron chi connectivity index (χ4n) is 1.46. The lowest BCUT2D eigenvalue weighted by Crippen LogP contribution is -2.13. The Hall–Kier alpha value is -1.54. The summed E-state index contributed by atoms with van der Waals surface area (Å²) in [5.41, 5.74) is -0.402. The van der Waals surface area contributed by atoms with Gasteiger partial charge in [-0.2, -0.15) is 0 Å². The van der Waals surface area contributed by atoms with Crippen molar-refractivity contribution in [3.8, 4) is 0 Å². The van der Waals surface area contributed by atoms with Crippen LogP contribution in [0.3, 0.4) is 0 Å². The third-order valence-corrected chi connectivity index (χ3v) is 4.21. The Kier molecular flexibility index (Phi) is 4.05. The van der Waals surface area contributed by atoms with E-state index in [0.717, 1.165) is 0 Å². The summed E-state index contributed by atoms with van der Waals surface area (Å²) < 4.78 is 65.3. The molecule has 0 saturated carbocycles. The zero-order valence-electron chi connectivity index (χ0n) is 9.70. The first-order valence-corrected chi connectivity index (χ1v) is 7.50. The van der Waals surface area contributed by atoms with Crippen molar-refractivity contribution in [1.29, 1.82) is 0 Å². The van der Waals surface area contributed by atoms with Gasteiger partial charge in [-0.15, -0.1) is 0 Å². The van der Waals surface area contributed by atoms with Crippen molar-refractivity contribution in [2.45, 2.75) is 4.90 Å². The van der Waals surface area contributed by atoms with Gasteiger partial charge in [0.05, 0.1) is 10.6 Å². The van der Waals surface area contributed by atoms with Crippen LogP contribution in [-0.2, 0) is 10.0 Å². The van der Waals surface area contributed by atoms with Crippen LogP contribution in [0.2, 0.25) is 0 Å². The summed E-state index contributed by atoms with van der Waals surface area (Å²) in [6, 6.07) is 6.87. The monoisotopic (exact) mass is 365 g/mol. The van der Waals surface area contributed by atoms with Crippen LogP contribution in [0.15, 0.2) is 45.8 Å². The fourth-order valence-corrected chi connectivity index (χ4v) is 3.10. The molecule has 0 fully saturated rings. The molecule has 3 nitrogen and oxygen atoms in total. The molecular formula is C12H7BrF3NO2S. The van der Waals surface area contributed by atoms with Gasteiger partial charge in [0.2, 0.25) is 0 Å². The first kappa shape index (κ1) is 14.9. The molecule has 2 aromatic rings. The van der Waals surface area contributed by atoms with Crippen LogP contribution >= 0.6 is 15.9 Å². The Morgan fingerprint density at radius 1 is 1.00 bits per heavy atom. The van der Waals surface area contributed by atoms with Crippen molar-refractivity contribution in [2.24, 2.45) is 0 Å². The zero-order valence-corrected chi connectivity index (χ0v) is 12.1. The van der Waals surface area contributed by atoms with E-state index in [1.165, 1.54) is 18.2 Å². The summed E-state index contributed by atoms with van der Waals surface area (Å²) in [5, 5.41) is 0. The Morgan fingerprint density at radius 2 is 1.60 bits per heavy atom. The third-order valence-electron chi connectivity index (χ3n) is 2.34. The lowest BCUT2D eigenvalue weighted by Gasteiger charge is -2.09. The number of anilines is 1. The summed E-state index contributed by atoms with van der Waals surface area (Å²) in [6.07, 6.45) is 0. The van der Waals surface area contributed by atoms with E-state index in [9.17, 15) is 21.6 Å². The quantitative estimate of drug-likeness (QED) is 0.843. The molecule has 0 aliphatic rings. The molecule has 0 heterocycles. The first-order chi connectivity index (χ1) is 9.29. The SMILES string of the molecule is O=S(=O)(Nc1cc(F)c(F)c(F)c1)c1cccc(Br)c1. The Morgan fingerprint density at radius 3 is 2.15 bits per heavy atom. The van der Waals surface area contributed by atoms with Crippen LogP contribution in [0.1, 0.15) is 0 Å². The molecule has 0 bridgehead atoms. The van der Waals surface area contributed by atoms with Gasteiger partial charge in [-0.3, -0.25) is 4.72 Å². The van der Waals surface area contributed by atoms with Gasteiger partial charge in [0.1, 0.15) is 0 Å². The molecule has 0 aromatic heterocycles. The van der Waals surface area contributed by atoms with E-state index in [0.29, 0.717) is 16.6 Å². The van der Waals surface area contributed by atoms with Crippen LogP contribution in [-0.4, -0.2) is 8.42 Å². The van der Waals surface area contributed by atoms with Gasteiger partial charge in [-0.1, -0.05) is 22.0 Å². The second-order valence-electron chi connectivity index (χ2n) is 3.82. The van der Waals surface area contributed by atoms with Gasteiger partial charge in [0.15, 0.2) is 17.5 Å². The molecule has 0 unspecified atom stereocenters. The summed E-state index contributed by atoms with van der Waals surface area (Å²) >= 11 is 3.11. The third kappa shape index (κ3) is 3.13. The maximum absolute atomic E-state index is 13.0. The minimum atomic E-state index is -4.02. The maximum Gasteiger partial charge on any atom is 0.261 e. The van der Waals surface area contributed by atoms with E-state index in [1.807, 2.05) is 4.72 Å². The van der Waals surface area contributed by atoms with E-state index in [4.69, 9.17) is 0 Å². The second-order valence-corrected chi connectivity index (χ2v) is 6.41. The molecule has 2 rings (SSSR count). The highest BCUT2D eigenvalue weighted by Gasteiger charge is 2.17. The number of hydrogen-bond donors (Lipinski definition) is 1. The van der Waals surface area contributed by atoms with E-state index in [2.05, 4.69) is 15.9 Å². The predicted octanol–water partition coefficient (Wildman–Crippen LogP) is 3.67. The molecule has 0 aliphatic heterocycles. The van der Waals surface area contributed by atoms with Crippen LogP contribution < -0.4 is 4.72 Å².